The minimum atomic E-state index is -0.928. The van der Waals surface area contributed by atoms with Crippen molar-refractivity contribution in [2.75, 3.05) is 26.4 Å². The van der Waals surface area contributed by atoms with Crippen molar-refractivity contribution in [1.29, 1.82) is 0 Å². The van der Waals surface area contributed by atoms with E-state index in [0.29, 0.717) is 5.16 Å². The van der Waals surface area contributed by atoms with Crippen molar-refractivity contribution in [3.63, 3.8) is 0 Å². The van der Waals surface area contributed by atoms with Crippen molar-refractivity contribution in [3.05, 3.63) is 10.5 Å². The number of hydrogen-bond acceptors (Lipinski definition) is 5. The molecule has 8 heteroatoms. The summed E-state index contributed by atoms with van der Waals surface area (Å²) in [7, 11) is 3.93. The van der Waals surface area contributed by atoms with Crippen LogP contribution in [-0.4, -0.2) is 57.1 Å². The molecule has 1 unspecified atom stereocenters. The quantitative estimate of drug-likeness (QED) is 0.693. The number of nitrogens with zero attached hydrogens (tertiary/aromatic N) is 3. The molecule has 102 valence electrons. The number of nitrogens with one attached hydrogen (secondary N) is 1. The zero-order chi connectivity index (χ0) is 13.7. The molecule has 0 saturated carbocycles. The standard InChI is InChI=1S/C10H18N4O3S/c1-7(4-5-13(2)3)14-9(17)11-12-10(14)18-6-8(15)16/h7H,4-6H2,1-3H3,(H,11,17)(H,15,16). The van der Waals surface area contributed by atoms with Crippen LogP contribution in [0.25, 0.3) is 0 Å². The van der Waals surface area contributed by atoms with E-state index in [2.05, 4.69) is 10.2 Å². The molecule has 1 rings (SSSR count). The molecule has 7 nitrogen and oxygen atoms in total. The Bertz CT molecular complexity index is 454. The van der Waals surface area contributed by atoms with Crippen molar-refractivity contribution in [3.8, 4) is 0 Å². The maximum atomic E-state index is 11.6. The fourth-order valence-corrected chi connectivity index (χ4v) is 2.25. The maximum absolute atomic E-state index is 11.6. The van der Waals surface area contributed by atoms with Gasteiger partial charge in [-0.25, -0.2) is 9.89 Å². The first kappa shape index (κ1) is 14.8. The van der Waals surface area contributed by atoms with Gasteiger partial charge < -0.3 is 10.0 Å². The Morgan fingerprint density at radius 2 is 2.28 bits per heavy atom. The maximum Gasteiger partial charge on any atom is 0.344 e. The molecule has 0 aliphatic rings. The number of carboxylic acid groups (broad SMARTS) is 1. The molecule has 0 aliphatic heterocycles. The van der Waals surface area contributed by atoms with Gasteiger partial charge in [0.25, 0.3) is 0 Å². The smallest absolute Gasteiger partial charge is 0.344 e. The number of thioether (sulfide) groups is 1. The van der Waals surface area contributed by atoms with E-state index in [1.165, 1.54) is 4.57 Å². The molecule has 1 aromatic rings. The third-order valence-corrected chi connectivity index (χ3v) is 3.37. The zero-order valence-corrected chi connectivity index (χ0v) is 11.5. The lowest BCUT2D eigenvalue weighted by atomic mass is 10.2. The van der Waals surface area contributed by atoms with E-state index in [1.54, 1.807) is 0 Å². The van der Waals surface area contributed by atoms with Crippen LogP contribution in [0.1, 0.15) is 19.4 Å². The van der Waals surface area contributed by atoms with Gasteiger partial charge >= 0.3 is 11.7 Å². The van der Waals surface area contributed by atoms with Gasteiger partial charge in [-0.05, 0) is 34.0 Å². The largest absolute Gasteiger partial charge is 0.481 e. The molecule has 18 heavy (non-hydrogen) atoms. The van der Waals surface area contributed by atoms with Crippen LogP contribution < -0.4 is 5.69 Å². The Hall–Kier alpha value is -1.28. The monoisotopic (exact) mass is 274 g/mol. The number of rotatable bonds is 7. The summed E-state index contributed by atoms with van der Waals surface area (Å²) >= 11 is 1.05. The molecule has 0 aromatic carbocycles. The second kappa shape index (κ2) is 6.60. The number of H-pyrrole nitrogens is 1. The number of hydrogen-bond donors (Lipinski definition) is 2. The summed E-state index contributed by atoms with van der Waals surface area (Å²) in [6.45, 7) is 2.77. The fraction of sp³-hybridized carbons (Fsp3) is 0.700. The molecule has 0 bridgehead atoms. The minimum absolute atomic E-state index is 0.0186. The third kappa shape index (κ3) is 4.19. The van der Waals surface area contributed by atoms with Crippen LogP contribution in [0.15, 0.2) is 9.95 Å². The average molecular weight is 274 g/mol. The average Bonchev–Trinajstić information content (AvgIpc) is 2.64. The number of aliphatic carboxylic acids is 1. The van der Waals surface area contributed by atoms with Crippen LogP contribution in [0, 0.1) is 0 Å². The van der Waals surface area contributed by atoms with Gasteiger partial charge in [0.05, 0.1) is 5.75 Å². The van der Waals surface area contributed by atoms with Gasteiger partial charge in [-0.15, -0.1) is 5.10 Å². The van der Waals surface area contributed by atoms with Crippen molar-refractivity contribution in [1.82, 2.24) is 19.7 Å². The summed E-state index contributed by atoms with van der Waals surface area (Å²) in [6.07, 6.45) is 0.799. The molecule has 1 aromatic heterocycles. The van der Waals surface area contributed by atoms with E-state index in [9.17, 15) is 9.59 Å². The number of carbonyl (C=O) groups is 1. The highest BCUT2D eigenvalue weighted by atomic mass is 32.2. The minimum Gasteiger partial charge on any atom is -0.481 e. The summed E-state index contributed by atoms with van der Waals surface area (Å²) < 4.78 is 1.51. The van der Waals surface area contributed by atoms with Gasteiger partial charge in [-0.3, -0.25) is 9.36 Å². The molecule has 0 fully saturated rings. The van der Waals surface area contributed by atoms with Gasteiger partial charge in [-0.1, -0.05) is 11.8 Å². The highest BCUT2D eigenvalue weighted by Gasteiger charge is 2.16. The normalized spacial score (nSPS) is 12.9. The van der Waals surface area contributed by atoms with E-state index in [1.807, 2.05) is 25.9 Å². The van der Waals surface area contributed by atoms with E-state index >= 15 is 0 Å². The topological polar surface area (TPSA) is 91.2 Å². The summed E-state index contributed by atoms with van der Waals surface area (Å²) in [5.74, 6) is -1.03. The van der Waals surface area contributed by atoms with Crippen LogP contribution in [0.2, 0.25) is 0 Å². The van der Waals surface area contributed by atoms with Crippen LogP contribution in [0.5, 0.6) is 0 Å². The highest BCUT2D eigenvalue weighted by Crippen LogP contribution is 2.18. The Morgan fingerprint density at radius 1 is 1.61 bits per heavy atom. The Morgan fingerprint density at radius 3 is 2.83 bits per heavy atom. The zero-order valence-electron chi connectivity index (χ0n) is 10.7. The van der Waals surface area contributed by atoms with E-state index in [-0.39, 0.29) is 17.5 Å². The van der Waals surface area contributed by atoms with E-state index in [0.717, 1.165) is 24.7 Å². The SMILES string of the molecule is CC(CCN(C)C)n1c(SCC(=O)O)n[nH]c1=O. The Kier molecular flexibility index (Phi) is 5.42. The van der Waals surface area contributed by atoms with E-state index < -0.39 is 5.97 Å². The predicted molar refractivity (Wildman–Crippen MR) is 69.1 cm³/mol. The van der Waals surface area contributed by atoms with Crippen molar-refractivity contribution in [2.45, 2.75) is 24.5 Å². The summed E-state index contributed by atoms with van der Waals surface area (Å²) in [6, 6.07) is -0.0186. The molecule has 0 saturated heterocycles. The van der Waals surface area contributed by atoms with Crippen molar-refractivity contribution < 1.29 is 9.90 Å². The van der Waals surface area contributed by atoms with Gasteiger partial charge in [0.15, 0.2) is 5.16 Å². The summed E-state index contributed by atoms with van der Waals surface area (Å²) in [4.78, 5) is 24.2. The second-order valence-corrected chi connectivity index (χ2v) is 5.25. The van der Waals surface area contributed by atoms with Crippen molar-refractivity contribution in [2.24, 2.45) is 0 Å². The third-order valence-electron chi connectivity index (χ3n) is 2.43. The molecular formula is C10H18N4O3S. The molecule has 2 N–H and O–H groups in total. The van der Waals surface area contributed by atoms with Gasteiger partial charge in [0.2, 0.25) is 0 Å². The Labute approximate surface area is 109 Å². The van der Waals surface area contributed by atoms with Crippen LogP contribution in [0.4, 0.5) is 0 Å². The fourth-order valence-electron chi connectivity index (χ4n) is 1.48. The summed E-state index contributed by atoms with van der Waals surface area (Å²) in [5, 5.41) is 15.3. The van der Waals surface area contributed by atoms with Crippen LogP contribution in [-0.2, 0) is 4.79 Å². The van der Waals surface area contributed by atoms with E-state index in [4.69, 9.17) is 5.11 Å². The molecule has 1 heterocycles. The van der Waals surface area contributed by atoms with Gasteiger partial charge in [-0.2, -0.15) is 0 Å². The lowest BCUT2D eigenvalue weighted by Gasteiger charge is -2.16. The van der Waals surface area contributed by atoms with Crippen LogP contribution in [0.3, 0.4) is 0 Å². The van der Waals surface area contributed by atoms with Gasteiger partial charge in [0, 0.05) is 6.04 Å². The first-order valence-electron chi connectivity index (χ1n) is 5.58. The molecular weight excluding hydrogens is 256 g/mol. The molecule has 0 spiro atoms. The first-order valence-corrected chi connectivity index (χ1v) is 6.56. The second-order valence-electron chi connectivity index (χ2n) is 4.30. The van der Waals surface area contributed by atoms with Crippen LogP contribution >= 0.6 is 11.8 Å². The first-order chi connectivity index (χ1) is 8.41. The molecule has 0 amide bonds. The van der Waals surface area contributed by atoms with Crippen molar-refractivity contribution >= 4 is 17.7 Å². The lowest BCUT2D eigenvalue weighted by molar-refractivity contribution is -0.133. The molecule has 1 atom stereocenters. The highest BCUT2D eigenvalue weighted by molar-refractivity contribution is 7.99. The lowest BCUT2D eigenvalue weighted by Crippen LogP contribution is -2.25. The van der Waals surface area contributed by atoms with Gasteiger partial charge in [0.1, 0.15) is 0 Å². The number of aromatic nitrogens is 3. The Balaban J connectivity index is 2.76. The molecule has 0 radical (unpaired) electrons. The summed E-state index contributed by atoms with van der Waals surface area (Å²) in [5.41, 5.74) is -0.297. The number of carboxylic acids is 1. The molecule has 0 aliphatic carbocycles. The predicted octanol–water partition coefficient (Wildman–Crippen LogP) is 0.261. The number of aromatic amines is 1.